The average Bonchev–Trinajstić information content (AvgIpc) is 2.52. The first kappa shape index (κ1) is 15.3. The molecule has 21 heavy (non-hydrogen) atoms. The minimum absolute atomic E-state index is 0.496. The third-order valence-corrected chi connectivity index (χ3v) is 3.04. The Kier molecular flexibility index (Phi) is 6.03. The molecule has 0 atom stereocenters. The van der Waals surface area contributed by atoms with Crippen LogP contribution in [0.15, 0.2) is 42.6 Å². The maximum Gasteiger partial charge on any atom is 0.132 e. The molecule has 0 spiro atoms. The van der Waals surface area contributed by atoms with Crippen molar-refractivity contribution in [1.82, 2.24) is 4.98 Å². The number of nitrogens with one attached hydrogen (secondary N) is 1. The Morgan fingerprint density at radius 2 is 2.05 bits per heavy atom. The van der Waals surface area contributed by atoms with Crippen LogP contribution in [0.5, 0.6) is 5.75 Å². The van der Waals surface area contributed by atoms with Crippen molar-refractivity contribution >= 4 is 5.82 Å². The number of hydrogen-bond acceptors (Lipinski definition) is 4. The molecule has 0 aliphatic heterocycles. The molecule has 1 heterocycles. The fraction of sp³-hybridized carbons (Fsp3) is 0.353. The summed E-state index contributed by atoms with van der Waals surface area (Å²) in [4.78, 5) is 4.36. The van der Waals surface area contributed by atoms with Gasteiger partial charge in [-0.25, -0.2) is 4.98 Å². The van der Waals surface area contributed by atoms with Gasteiger partial charge in [0, 0.05) is 25.4 Å². The van der Waals surface area contributed by atoms with E-state index in [1.807, 2.05) is 36.4 Å². The van der Waals surface area contributed by atoms with Crippen LogP contribution in [0.3, 0.4) is 0 Å². The fourth-order valence-electron chi connectivity index (χ4n) is 2.01. The van der Waals surface area contributed by atoms with E-state index in [0.29, 0.717) is 13.2 Å². The van der Waals surface area contributed by atoms with E-state index in [1.54, 1.807) is 13.3 Å². The molecule has 0 unspecified atom stereocenters. The molecule has 0 aliphatic carbocycles. The molecule has 4 heteroatoms. The zero-order valence-electron chi connectivity index (χ0n) is 12.6. The molecule has 0 saturated heterocycles. The highest BCUT2D eigenvalue weighted by molar-refractivity contribution is 5.43. The number of nitrogens with zero attached hydrogens (tertiary/aromatic N) is 1. The highest BCUT2D eigenvalue weighted by atomic mass is 16.5. The number of anilines is 1. The Morgan fingerprint density at radius 1 is 1.14 bits per heavy atom. The molecule has 0 radical (unpaired) electrons. The van der Waals surface area contributed by atoms with Gasteiger partial charge >= 0.3 is 0 Å². The van der Waals surface area contributed by atoms with E-state index in [-0.39, 0.29) is 0 Å². The second-order valence-electron chi connectivity index (χ2n) is 4.81. The lowest BCUT2D eigenvalue weighted by Gasteiger charge is -2.12. The highest BCUT2D eigenvalue weighted by Gasteiger charge is 2.04. The summed E-state index contributed by atoms with van der Waals surface area (Å²) >= 11 is 0. The maximum atomic E-state index is 5.86. The van der Waals surface area contributed by atoms with Crippen LogP contribution in [0.2, 0.25) is 0 Å². The third-order valence-electron chi connectivity index (χ3n) is 3.04. The van der Waals surface area contributed by atoms with Crippen molar-refractivity contribution in [3.8, 4) is 5.75 Å². The maximum absolute atomic E-state index is 5.86. The molecular formula is C17H22N2O2. The number of rotatable bonds is 8. The van der Waals surface area contributed by atoms with Gasteiger partial charge < -0.3 is 14.8 Å². The van der Waals surface area contributed by atoms with E-state index >= 15 is 0 Å². The predicted molar refractivity (Wildman–Crippen MR) is 84.5 cm³/mol. The number of hydrogen-bond donors (Lipinski definition) is 1. The standard InChI is InChI=1S/C17H22N2O2/c1-3-9-18-17-15(7-5-10-19-17)13-21-16-8-4-6-14(11-16)12-20-2/h4-8,10-11H,3,9,12-13H2,1-2H3,(H,18,19). The molecule has 1 aromatic carbocycles. The van der Waals surface area contributed by atoms with Crippen molar-refractivity contribution < 1.29 is 9.47 Å². The van der Waals surface area contributed by atoms with Crippen LogP contribution in [-0.2, 0) is 18.0 Å². The zero-order valence-corrected chi connectivity index (χ0v) is 12.6. The van der Waals surface area contributed by atoms with Crippen LogP contribution in [0.1, 0.15) is 24.5 Å². The number of pyridine rings is 1. The predicted octanol–water partition coefficient (Wildman–Crippen LogP) is 3.63. The summed E-state index contributed by atoms with van der Waals surface area (Å²) in [5.41, 5.74) is 2.16. The molecule has 0 saturated carbocycles. The molecule has 1 aromatic heterocycles. The van der Waals surface area contributed by atoms with Crippen LogP contribution in [0.25, 0.3) is 0 Å². The molecule has 0 fully saturated rings. The number of aromatic nitrogens is 1. The molecule has 0 bridgehead atoms. The third kappa shape index (κ3) is 4.76. The summed E-state index contributed by atoms with van der Waals surface area (Å²) < 4.78 is 11.0. The van der Waals surface area contributed by atoms with Gasteiger partial charge in [-0.3, -0.25) is 0 Å². The van der Waals surface area contributed by atoms with Gasteiger partial charge in [0.1, 0.15) is 18.2 Å². The quantitative estimate of drug-likeness (QED) is 0.804. The fourth-order valence-corrected chi connectivity index (χ4v) is 2.01. The van der Waals surface area contributed by atoms with Crippen LogP contribution >= 0.6 is 0 Å². The number of ether oxygens (including phenoxy) is 2. The molecule has 4 nitrogen and oxygen atoms in total. The normalized spacial score (nSPS) is 10.4. The minimum Gasteiger partial charge on any atom is -0.489 e. The monoisotopic (exact) mass is 286 g/mol. The van der Waals surface area contributed by atoms with Crippen molar-refractivity contribution in [3.05, 3.63) is 53.7 Å². The van der Waals surface area contributed by atoms with Gasteiger partial charge in [0.25, 0.3) is 0 Å². The largest absolute Gasteiger partial charge is 0.489 e. The lowest BCUT2D eigenvalue weighted by molar-refractivity contribution is 0.184. The van der Waals surface area contributed by atoms with Crippen LogP contribution in [-0.4, -0.2) is 18.6 Å². The first-order valence-electron chi connectivity index (χ1n) is 7.22. The average molecular weight is 286 g/mol. The van der Waals surface area contributed by atoms with Crippen LogP contribution in [0.4, 0.5) is 5.82 Å². The first-order chi connectivity index (χ1) is 10.3. The Bertz CT molecular complexity index is 558. The van der Waals surface area contributed by atoms with Crippen molar-refractivity contribution in [2.75, 3.05) is 19.0 Å². The summed E-state index contributed by atoms with van der Waals surface area (Å²) in [7, 11) is 1.69. The van der Waals surface area contributed by atoms with E-state index in [0.717, 1.165) is 35.7 Å². The zero-order chi connectivity index (χ0) is 14.9. The summed E-state index contributed by atoms with van der Waals surface area (Å²) in [6.07, 6.45) is 2.86. The molecular weight excluding hydrogens is 264 g/mol. The number of methoxy groups -OCH3 is 1. The molecule has 0 aliphatic rings. The Balaban J connectivity index is 2.00. The molecule has 112 valence electrons. The summed E-state index contributed by atoms with van der Waals surface area (Å²) in [6.45, 7) is 4.13. The van der Waals surface area contributed by atoms with Crippen molar-refractivity contribution in [2.24, 2.45) is 0 Å². The highest BCUT2D eigenvalue weighted by Crippen LogP contribution is 2.18. The van der Waals surface area contributed by atoms with Crippen molar-refractivity contribution in [1.29, 1.82) is 0 Å². The topological polar surface area (TPSA) is 43.4 Å². The molecule has 2 rings (SSSR count). The second kappa shape index (κ2) is 8.27. The van der Waals surface area contributed by atoms with E-state index in [4.69, 9.17) is 9.47 Å². The molecule has 0 amide bonds. The summed E-state index contributed by atoms with van der Waals surface area (Å²) in [5, 5.41) is 3.32. The van der Waals surface area contributed by atoms with Gasteiger partial charge in [-0.2, -0.15) is 0 Å². The van der Waals surface area contributed by atoms with Gasteiger partial charge in [-0.15, -0.1) is 0 Å². The van der Waals surface area contributed by atoms with E-state index in [9.17, 15) is 0 Å². The van der Waals surface area contributed by atoms with Gasteiger partial charge in [-0.05, 0) is 30.2 Å². The van der Waals surface area contributed by atoms with E-state index < -0.39 is 0 Å². The first-order valence-corrected chi connectivity index (χ1v) is 7.22. The lowest BCUT2D eigenvalue weighted by atomic mass is 10.2. The second-order valence-corrected chi connectivity index (χ2v) is 4.81. The smallest absolute Gasteiger partial charge is 0.132 e. The van der Waals surface area contributed by atoms with Gasteiger partial charge in [0.15, 0.2) is 0 Å². The summed E-state index contributed by atoms with van der Waals surface area (Å²) in [6, 6.07) is 11.9. The summed E-state index contributed by atoms with van der Waals surface area (Å²) in [5.74, 6) is 1.74. The molecule has 1 N–H and O–H groups in total. The minimum atomic E-state index is 0.496. The van der Waals surface area contributed by atoms with Crippen LogP contribution in [0, 0.1) is 0 Å². The van der Waals surface area contributed by atoms with Crippen molar-refractivity contribution in [2.45, 2.75) is 26.6 Å². The molecule has 2 aromatic rings. The van der Waals surface area contributed by atoms with Gasteiger partial charge in [0.05, 0.1) is 6.61 Å². The van der Waals surface area contributed by atoms with Crippen molar-refractivity contribution in [3.63, 3.8) is 0 Å². The Morgan fingerprint density at radius 3 is 2.86 bits per heavy atom. The van der Waals surface area contributed by atoms with Gasteiger partial charge in [0.2, 0.25) is 0 Å². The lowest BCUT2D eigenvalue weighted by Crippen LogP contribution is -2.07. The van der Waals surface area contributed by atoms with Gasteiger partial charge in [-0.1, -0.05) is 25.1 Å². The Labute approximate surface area is 126 Å². The van der Waals surface area contributed by atoms with E-state index in [1.165, 1.54) is 0 Å². The SMILES string of the molecule is CCCNc1ncccc1COc1cccc(COC)c1. The van der Waals surface area contributed by atoms with Crippen LogP contribution < -0.4 is 10.1 Å². The van der Waals surface area contributed by atoms with E-state index in [2.05, 4.69) is 17.2 Å². The Hall–Kier alpha value is -2.07. The number of benzene rings is 1.